The van der Waals surface area contributed by atoms with Gasteiger partial charge in [-0.25, -0.2) is 0 Å². The van der Waals surface area contributed by atoms with Gasteiger partial charge in [-0.15, -0.1) is 0 Å². The zero-order chi connectivity index (χ0) is 58.5. The molecule has 0 saturated heterocycles. The Morgan fingerprint density at radius 3 is 0.728 bits per heavy atom. The third-order valence-corrected chi connectivity index (χ3v) is 16.3. The van der Waals surface area contributed by atoms with E-state index in [9.17, 15) is 14.4 Å². The highest BCUT2D eigenvalue weighted by atomic mass is 16.6. The van der Waals surface area contributed by atoms with Crippen LogP contribution in [0.5, 0.6) is 0 Å². The van der Waals surface area contributed by atoms with Gasteiger partial charge < -0.3 is 14.2 Å². The molecule has 6 heteroatoms. The number of esters is 3. The minimum Gasteiger partial charge on any atom is -0.462 e. The molecule has 0 amide bonds. The third-order valence-electron chi connectivity index (χ3n) is 16.3. The van der Waals surface area contributed by atoms with E-state index in [2.05, 4.69) is 69.4 Å². The van der Waals surface area contributed by atoms with Crippen molar-refractivity contribution in [3.8, 4) is 0 Å². The zero-order valence-corrected chi connectivity index (χ0v) is 54.6. The molecule has 0 aromatic carbocycles. The van der Waals surface area contributed by atoms with Crippen LogP contribution in [0.2, 0.25) is 0 Å². The van der Waals surface area contributed by atoms with Crippen molar-refractivity contribution in [1.82, 2.24) is 0 Å². The van der Waals surface area contributed by atoms with Crippen LogP contribution in [-0.2, 0) is 28.6 Å². The van der Waals surface area contributed by atoms with E-state index in [1.165, 1.54) is 270 Å². The van der Waals surface area contributed by atoms with Gasteiger partial charge in [-0.2, -0.15) is 0 Å². The lowest BCUT2D eigenvalue weighted by Crippen LogP contribution is -2.30. The first-order chi connectivity index (χ1) is 40.0. The van der Waals surface area contributed by atoms with Crippen molar-refractivity contribution >= 4 is 17.9 Å². The first-order valence-corrected chi connectivity index (χ1v) is 36.1. The molecule has 0 rings (SSSR count). The van der Waals surface area contributed by atoms with Crippen LogP contribution in [0.15, 0.2) is 48.6 Å². The lowest BCUT2D eigenvalue weighted by atomic mass is 10.0. The van der Waals surface area contributed by atoms with Crippen LogP contribution < -0.4 is 0 Å². The molecule has 0 aromatic rings. The Morgan fingerprint density at radius 2 is 0.457 bits per heavy atom. The highest BCUT2D eigenvalue weighted by Gasteiger charge is 2.19. The largest absolute Gasteiger partial charge is 0.462 e. The number of allylic oxidation sites excluding steroid dienone is 8. The fourth-order valence-corrected chi connectivity index (χ4v) is 10.8. The van der Waals surface area contributed by atoms with E-state index in [0.29, 0.717) is 19.3 Å². The zero-order valence-electron chi connectivity index (χ0n) is 54.6. The molecule has 0 aliphatic heterocycles. The number of carbonyl (C=O) groups is 3. The van der Waals surface area contributed by atoms with Gasteiger partial charge in [0.05, 0.1) is 0 Å². The van der Waals surface area contributed by atoms with E-state index in [1.807, 2.05) is 0 Å². The molecule has 0 spiro atoms. The molecule has 474 valence electrons. The fourth-order valence-electron chi connectivity index (χ4n) is 10.8. The molecule has 0 heterocycles. The van der Waals surface area contributed by atoms with Crippen molar-refractivity contribution < 1.29 is 28.6 Å². The van der Waals surface area contributed by atoms with Crippen molar-refractivity contribution in [1.29, 1.82) is 0 Å². The monoisotopic (exact) mass is 1140 g/mol. The van der Waals surface area contributed by atoms with Gasteiger partial charge in [0, 0.05) is 19.3 Å². The van der Waals surface area contributed by atoms with Crippen LogP contribution in [-0.4, -0.2) is 37.2 Å². The lowest BCUT2D eigenvalue weighted by molar-refractivity contribution is -0.167. The number of carbonyl (C=O) groups excluding carboxylic acids is 3. The molecule has 1 unspecified atom stereocenters. The van der Waals surface area contributed by atoms with Gasteiger partial charge in [0.25, 0.3) is 0 Å². The van der Waals surface area contributed by atoms with Crippen LogP contribution in [0.25, 0.3) is 0 Å². The number of ether oxygens (including phenoxy) is 3. The van der Waals surface area contributed by atoms with E-state index in [4.69, 9.17) is 14.2 Å². The SMILES string of the molecule is CCCC/C=C\C/C=C\CCCCCCCC(=O)OCC(COC(=O)CCCCCCCCCCCCCCCCCCCCCCC/C=C\CCCCCCCCCC)OC(=O)CCCCCCC/C=C\CCCCCCCCC. The van der Waals surface area contributed by atoms with Crippen LogP contribution in [0.3, 0.4) is 0 Å². The summed E-state index contributed by atoms with van der Waals surface area (Å²) in [6.07, 6.45) is 88.8. The fraction of sp³-hybridized carbons (Fsp3) is 0.853. The Morgan fingerprint density at radius 1 is 0.247 bits per heavy atom. The van der Waals surface area contributed by atoms with Crippen LogP contribution in [0, 0.1) is 0 Å². The molecule has 81 heavy (non-hydrogen) atoms. The van der Waals surface area contributed by atoms with Gasteiger partial charge in [-0.3, -0.25) is 14.4 Å². The first-order valence-electron chi connectivity index (χ1n) is 36.1. The minimum atomic E-state index is -0.782. The van der Waals surface area contributed by atoms with E-state index >= 15 is 0 Å². The second kappa shape index (κ2) is 69.9. The topological polar surface area (TPSA) is 78.9 Å². The van der Waals surface area contributed by atoms with Crippen molar-refractivity contribution in [3.05, 3.63) is 48.6 Å². The molecule has 6 nitrogen and oxygen atoms in total. The smallest absolute Gasteiger partial charge is 0.306 e. The Hall–Kier alpha value is -2.63. The lowest BCUT2D eigenvalue weighted by Gasteiger charge is -2.18. The summed E-state index contributed by atoms with van der Waals surface area (Å²) in [7, 11) is 0. The van der Waals surface area contributed by atoms with Crippen LogP contribution in [0.4, 0.5) is 0 Å². The Kier molecular flexibility index (Phi) is 67.6. The van der Waals surface area contributed by atoms with E-state index in [0.717, 1.165) is 83.5 Å². The highest BCUT2D eigenvalue weighted by molar-refractivity contribution is 5.71. The molecular weight excluding hydrogens is 997 g/mol. The Balaban J connectivity index is 4.12. The molecule has 0 bridgehead atoms. The van der Waals surface area contributed by atoms with Crippen LogP contribution >= 0.6 is 0 Å². The van der Waals surface area contributed by atoms with Gasteiger partial charge >= 0.3 is 17.9 Å². The van der Waals surface area contributed by atoms with Crippen molar-refractivity contribution in [2.75, 3.05) is 13.2 Å². The number of hydrogen-bond acceptors (Lipinski definition) is 6. The second-order valence-corrected chi connectivity index (χ2v) is 24.5. The van der Waals surface area contributed by atoms with Gasteiger partial charge in [0.2, 0.25) is 0 Å². The minimum absolute atomic E-state index is 0.0771. The normalized spacial score (nSPS) is 12.3. The Bertz CT molecular complexity index is 1400. The molecule has 0 fully saturated rings. The number of hydrogen-bond donors (Lipinski definition) is 0. The predicted molar refractivity (Wildman–Crippen MR) is 353 cm³/mol. The second-order valence-electron chi connectivity index (χ2n) is 24.5. The third kappa shape index (κ3) is 68.0. The summed E-state index contributed by atoms with van der Waals surface area (Å²) < 4.78 is 17.0. The molecule has 1 atom stereocenters. The van der Waals surface area contributed by atoms with E-state index in [1.54, 1.807) is 0 Å². The maximum absolute atomic E-state index is 12.9. The summed E-state index contributed by atoms with van der Waals surface area (Å²) in [6, 6.07) is 0. The molecule has 0 aromatic heterocycles. The predicted octanol–water partition coefficient (Wildman–Crippen LogP) is 24.9. The molecule has 0 saturated carbocycles. The molecular formula is C75H138O6. The quantitative estimate of drug-likeness (QED) is 0.0261. The van der Waals surface area contributed by atoms with Gasteiger partial charge in [0.15, 0.2) is 6.10 Å². The van der Waals surface area contributed by atoms with E-state index in [-0.39, 0.29) is 31.1 Å². The summed E-state index contributed by atoms with van der Waals surface area (Å²) in [5, 5.41) is 0. The molecule has 0 N–H and O–H groups in total. The summed E-state index contributed by atoms with van der Waals surface area (Å²) in [5.74, 6) is -0.877. The summed E-state index contributed by atoms with van der Waals surface area (Å²) in [6.45, 7) is 6.64. The Labute approximate surface area is 505 Å². The van der Waals surface area contributed by atoms with Crippen molar-refractivity contribution in [2.24, 2.45) is 0 Å². The average molecular weight is 1140 g/mol. The molecule has 0 radical (unpaired) electrons. The summed E-state index contributed by atoms with van der Waals surface area (Å²) in [5.41, 5.74) is 0. The summed E-state index contributed by atoms with van der Waals surface area (Å²) >= 11 is 0. The molecule has 0 aliphatic rings. The standard InChI is InChI=1S/C75H138O6/c1-4-7-10-13-16-19-22-25-28-30-31-32-33-34-35-36-37-38-39-40-41-42-43-44-45-46-48-50-53-56-59-62-65-68-74(77)80-71-72(70-79-73(76)67-64-61-58-55-52-49-27-24-21-18-15-12-9-6-3)81-75(78)69-66-63-60-57-54-51-47-29-26-23-20-17-14-11-8-5-2/h15,18,24,27,29-31,47,72H,4-14,16-17,19-23,25-26,28,32-46,48-71H2,1-3H3/b18-15-,27-24-,31-30-,47-29-. The van der Waals surface area contributed by atoms with Crippen molar-refractivity contribution in [2.45, 2.75) is 399 Å². The van der Waals surface area contributed by atoms with Crippen molar-refractivity contribution in [3.63, 3.8) is 0 Å². The maximum Gasteiger partial charge on any atom is 0.306 e. The van der Waals surface area contributed by atoms with Gasteiger partial charge in [-0.05, 0) is 96.3 Å². The summed E-state index contributed by atoms with van der Waals surface area (Å²) in [4.78, 5) is 38.4. The van der Waals surface area contributed by atoms with E-state index < -0.39 is 6.10 Å². The average Bonchev–Trinajstić information content (AvgIpc) is 3.47. The van der Waals surface area contributed by atoms with Gasteiger partial charge in [0.1, 0.15) is 13.2 Å². The first kappa shape index (κ1) is 78.4. The van der Waals surface area contributed by atoms with Crippen LogP contribution in [0.1, 0.15) is 393 Å². The number of unbranched alkanes of at least 4 members (excludes halogenated alkanes) is 48. The molecule has 0 aliphatic carbocycles. The van der Waals surface area contributed by atoms with Gasteiger partial charge in [-0.1, -0.05) is 326 Å². The highest BCUT2D eigenvalue weighted by Crippen LogP contribution is 2.18. The number of rotatable bonds is 67. The maximum atomic E-state index is 12.9.